The first kappa shape index (κ1) is 10.4. The molecule has 1 fully saturated rings. The van der Waals surface area contributed by atoms with E-state index in [4.69, 9.17) is 0 Å². The topological polar surface area (TPSA) is 32.3 Å². The van der Waals surface area contributed by atoms with Crippen LogP contribution in [0.1, 0.15) is 13.3 Å². The number of anilines is 1. The Morgan fingerprint density at radius 2 is 2.20 bits per heavy atom. The zero-order chi connectivity index (χ0) is 10.7. The molecule has 1 aromatic heterocycles. The second-order valence-corrected chi connectivity index (χ2v) is 4.01. The van der Waals surface area contributed by atoms with Crippen LogP contribution in [0.15, 0.2) is 18.5 Å². The van der Waals surface area contributed by atoms with Crippen LogP contribution in [0.25, 0.3) is 0 Å². The Kier molecular flexibility index (Phi) is 3.16. The van der Waals surface area contributed by atoms with Gasteiger partial charge in [0.15, 0.2) is 0 Å². The first-order chi connectivity index (χ1) is 7.31. The SMILES string of the molecule is CCN(C)C1CCN(c2ncccn2)C1. The Morgan fingerprint density at radius 3 is 2.87 bits per heavy atom. The molecule has 4 nitrogen and oxygen atoms in total. The molecule has 0 aliphatic carbocycles. The van der Waals surface area contributed by atoms with Crippen LogP contribution in [0.5, 0.6) is 0 Å². The lowest BCUT2D eigenvalue weighted by Gasteiger charge is -2.22. The molecule has 0 saturated carbocycles. The number of nitrogens with zero attached hydrogens (tertiary/aromatic N) is 4. The largest absolute Gasteiger partial charge is 0.339 e. The summed E-state index contributed by atoms with van der Waals surface area (Å²) >= 11 is 0. The highest BCUT2D eigenvalue weighted by atomic mass is 15.3. The maximum absolute atomic E-state index is 4.28. The molecule has 0 aromatic carbocycles. The van der Waals surface area contributed by atoms with E-state index in [9.17, 15) is 0 Å². The maximum atomic E-state index is 4.28. The number of rotatable bonds is 3. The van der Waals surface area contributed by atoms with Gasteiger partial charge in [-0.2, -0.15) is 0 Å². The van der Waals surface area contributed by atoms with E-state index in [1.54, 1.807) is 12.4 Å². The third-order valence-corrected chi connectivity index (χ3v) is 3.12. The minimum absolute atomic E-state index is 0.652. The van der Waals surface area contributed by atoms with Gasteiger partial charge in [0.1, 0.15) is 0 Å². The van der Waals surface area contributed by atoms with E-state index in [1.807, 2.05) is 6.07 Å². The highest BCUT2D eigenvalue weighted by Gasteiger charge is 2.26. The van der Waals surface area contributed by atoms with Crippen molar-refractivity contribution in [3.63, 3.8) is 0 Å². The Hall–Kier alpha value is -1.16. The van der Waals surface area contributed by atoms with Gasteiger partial charge in [-0.15, -0.1) is 0 Å². The summed E-state index contributed by atoms with van der Waals surface area (Å²) < 4.78 is 0. The van der Waals surface area contributed by atoms with E-state index >= 15 is 0 Å². The standard InChI is InChI=1S/C11H18N4/c1-3-14(2)10-5-8-15(9-10)11-12-6-4-7-13-11/h4,6-7,10H,3,5,8-9H2,1-2H3. The molecular formula is C11H18N4. The van der Waals surface area contributed by atoms with Crippen LogP contribution in [-0.2, 0) is 0 Å². The average Bonchev–Trinajstić information content (AvgIpc) is 2.78. The third kappa shape index (κ3) is 2.26. The van der Waals surface area contributed by atoms with Crippen molar-refractivity contribution in [2.75, 3.05) is 31.6 Å². The van der Waals surface area contributed by atoms with Gasteiger partial charge in [-0.3, -0.25) is 0 Å². The van der Waals surface area contributed by atoms with Gasteiger partial charge in [0.2, 0.25) is 5.95 Å². The molecule has 1 atom stereocenters. The first-order valence-electron chi connectivity index (χ1n) is 5.53. The summed E-state index contributed by atoms with van der Waals surface area (Å²) in [5.41, 5.74) is 0. The van der Waals surface area contributed by atoms with Crippen LogP contribution in [0, 0.1) is 0 Å². The fourth-order valence-electron chi connectivity index (χ4n) is 2.00. The van der Waals surface area contributed by atoms with Crippen LogP contribution in [-0.4, -0.2) is 47.6 Å². The average molecular weight is 206 g/mol. The zero-order valence-corrected chi connectivity index (χ0v) is 9.43. The fourth-order valence-corrected chi connectivity index (χ4v) is 2.00. The molecule has 0 N–H and O–H groups in total. The van der Waals surface area contributed by atoms with Crippen molar-refractivity contribution in [1.82, 2.24) is 14.9 Å². The molecule has 1 aliphatic heterocycles. The number of likely N-dealkylation sites (N-methyl/N-ethyl adjacent to an activating group) is 1. The zero-order valence-electron chi connectivity index (χ0n) is 9.43. The molecule has 4 heteroatoms. The molecule has 0 spiro atoms. The van der Waals surface area contributed by atoms with Gasteiger partial charge in [-0.05, 0) is 26.1 Å². The van der Waals surface area contributed by atoms with E-state index in [1.165, 1.54) is 6.42 Å². The first-order valence-corrected chi connectivity index (χ1v) is 5.53. The van der Waals surface area contributed by atoms with Crippen LogP contribution in [0.3, 0.4) is 0 Å². The van der Waals surface area contributed by atoms with Crippen molar-refractivity contribution in [2.24, 2.45) is 0 Å². The number of hydrogen-bond donors (Lipinski definition) is 0. The van der Waals surface area contributed by atoms with Gasteiger partial charge in [0.05, 0.1) is 0 Å². The third-order valence-electron chi connectivity index (χ3n) is 3.12. The van der Waals surface area contributed by atoms with E-state index in [0.717, 1.165) is 25.6 Å². The smallest absolute Gasteiger partial charge is 0.225 e. The predicted molar refractivity (Wildman–Crippen MR) is 61.0 cm³/mol. The van der Waals surface area contributed by atoms with Crippen LogP contribution >= 0.6 is 0 Å². The molecule has 1 unspecified atom stereocenters. The second-order valence-electron chi connectivity index (χ2n) is 4.01. The van der Waals surface area contributed by atoms with Crippen molar-refractivity contribution in [3.8, 4) is 0 Å². The monoisotopic (exact) mass is 206 g/mol. The molecule has 0 amide bonds. The molecule has 2 rings (SSSR count). The van der Waals surface area contributed by atoms with E-state index < -0.39 is 0 Å². The molecule has 1 aromatic rings. The minimum atomic E-state index is 0.652. The predicted octanol–water partition coefficient (Wildman–Crippen LogP) is 1.01. The van der Waals surface area contributed by atoms with Crippen molar-refractivity contribution in [3.05, 3.63) is 18.5 Å². The van der Waals surface area contributed by atoms with Crippen LogP contribution < -0.4 is 4.90 Å². The minimum Gasteiger partial charge on any atom is -0.339 e. The molecule has 0 radical (unpaired) electrons. The Morgan fingerprint density at radius 1 is 1.47 bits per heavy atom. The van der Waals surface area contributed by atoms with Crippen molar-refractivity contribution >= 4 is 5.95 Å². The lowest BCUT2D eigenvalue weighted by atomic mass is 10.2. The summed E-state index contributed by atoms with van der Waals surface area (Å²) in [5.74, 6) is 0.865. The summed E-state index contributed by atoms with van der Waals surface area (Å²) in [6, 6.07) is 2.51. The molecule has 2 heterocycles. The maximum Gasteiger partial charge on any atom is 0.225 e. The molecule has 0 bridgehead atoms. The highest BCUT2D eigenvalue weighted by molar-refractivity contribution is 5.30. The Bertz CT molecular complexity index is 301. The Balaban J connectivity index is 1.99. The lowest BCUT2D eigenvalue weighted by Crippen LogP contribution is -2.34. The number of hydrogen-bond acceptors (Lipinski definition) is 4. The van der Waals surface area contributed by atoms with Gasteiger partial charge >= 0.3 is 0 Å². The van der Waals surface area contributed by atoms with Crippen molar-refractivity contribution in [1.29, 1.82) is 0 Å². The van der Waals surface area contributed by atoms with E-state index in [0.29, 0.717) is 6.04 Å². The van der Waals surface area contributed by atoms with Gasteiger partial charge in [0, 0.05) is 31.5 Å². The quantitative estimate of drug-likeness (QED) is 0.738. The van der Waals surface area contributed by atoms with Crippen LogP contribution in [0.2, 0.25) is 0 Å². The second kappa shape index (κ2) is 4.57. The number of aromatic nitrogens is 2. The van der Waals surface area contributed by atoms with Crippen molar-refractivity contribution in [2.45, 2.75) is 19.4 Å². The fraction of sp³-hybridized carbons (Fsp3) is 0.636. The Labute approximate surface area is 90.9 Å². The molecular weight excluding hydrogens is 188 g/mol. The summed E-state index contributed by atoms with van der Waals surface area (Å²) in [5, 5.41) is 0. The summed E-state index contributed by atoms with van der Waals surface area (Å²) in [6.07, 6.45) is 4.82. The summed E-state index contributed by atoms with van der Waals surface area (Å²) in [4.78, 5) is 13.2. The summed E-state index contributed by atoms with van der Waals surface area (Å²) in [6.45, 7) is 5.42. The van der Waals surface area contributed by atoms with E-state index in [-0.39, 0.29) is 0 Å². The summed E-state index contributed by atoms with van der Waals surface area (Å²) in [7, 11) is 2.18. The van der Waals surface area contributed by atoms with Gasteiger partial charge in [-0.1, -0.05) is 6.92 Å². The van der Waals surface area contributed by atoms with Gasteiger partial charge < -0.3 is 9.80 Å². The molecule has 82 valence electrons. The normalized spacial score (nSPS) is 21.3. The molecule has 15 heavy (non-hydrogen) atoms. The highest BCUT2D eigenvalue weighted by Crippen LogP contribution is 2.18. The van der Waals surface area contributed by atoms with E-state index in [2.05, 4.69) is 33.7 Å². The van der Waals surface area contributed by atoms with Gasteiger partial charge in [0.25, 0.3) is 0 Å². The van der Waals surface area contributed by atoms with Crippen molar-refractivity contribution < 1.29 is 0 Å². The molecule has 1 saturated heterocycles. The molecule has 1 aliphatic rings. The lowest BCUT2D eigenvalue weighted by molar-refractivity contribution is 0.272. The van der Waals surface area contributed by atoms with Gasteiger partial charge in [-0.25, -0.2) is 9.97 Å². The van der Waals surface area contributed by atoms with Crippen LogP contribution in [0.4, 0.5) is 5.95 Å².